The van der Waals surface area contributed by atoms with Gasteiger partial charge in [-0.15, -0.1) is 5.10 Å². The van der Waals surface area contributed by atoms with E-state index in [2.05, 4.69) is 15.5 Å². The number of halogens is 1. The molecule has 0 saturated carbocycles. The fraction of sp³-hybridized carbons (Fsp3) is 0.667. The molecule has 0 bridgehead atoms. The van der Waals surface area contributed by atoms with Crippen molar-refractivity contribution in [1.82, 2.24) is 15.5 Å². The van der Waals surface area contributed by atoms with Gasteiger partial charge in [-0.3, -0.25) is 4.79 Å². The maximum Gasteiger partial charge on any atom is 0.249 e. The standard InChI is InChI=1S/C15H21FN4O2/c1-10-4-5-13(22-10)15(21)17-8-12-7-11(16)9-20(12)14-3-2-6-18-19-14/h2-3,6,10-13H,4-5,7-9H2,1H3,(H,17,21)/t10-,11-,12-,13-/m0/s1. The Morgan fingerprint density at radius 3 is 3.09 bits per heavy atom. The minimum Gasteiger partial charge on any atom is -0.365 e. The molecule has 4 atom stereocenters. The molecule has 0 aromatic carbocycles. The van der Waals surface area contributed by atoms with E-state index < -0.39 is 6.17 Å². The van der Waals surface area contributed by atoms with E-state index in [-0.39, 0.29) is 30.7 Å². The smallest absolute Gasteiger partial charge is 0.249 e. The molecule has 1 N–H and O–H groups in total. The number of anilines is 1. The summed E-state index contributed by atoms with van der Waals surface area (Å²) in [6.07, 6.45) is 2.47. The molecular weight excluding hydrogens is 287 g/mol. The van der Waals surface area contributed by atoms with E-state index in [1.807, 2.05) is 17.9 Å². The van der Waals surface area contributed by atoms with Crippen LogP contribution in [0, 0.1) is 0 Å². The molecule has 22 heavy (non-hydrogen) atoms. The molecule has 3 rings (SSSR count). The van der Waals surface area contributed by atoms with Gasteiger partial charge >= 0.3 is 0 Å². The summed E-state index contributed by atoms with van der Waals surface area (Å²) in [5.74, 6) is 0.540. The maximum atomic E-state index is 13.8. The third kappa shape index (κ3) is 3.35. The molecule has 2 aliphatic rings. The van der Waals surface area contributed by atoms with Crippen molar-refractivity contribution >= 4 is 11.7 Å². The highest BCUT2D eigenvalue weighted by atomic mass is 19.1. The lowest BCUT2D eigenvalue weighted by atomic mass is 10.1. The minimum atomic E-state index is -0.910. The third-order valence-electron chi connectivity index (χ3n) is 4.25. The molecule has 0 unspecified atom stereocenters. The van der Waals surface area contributed by atoms with E-state index in [4.69, 9.17) is 4.74 Å². The lowest BCUT2D eigenvalue weighted by molar-refractivity contribution is -0.131. The van der Waals surface area contributed by atoms with Crippen LogP contribution in [0.5, 0.6) is 0 Å². The lowest BCUT2D eigenvalue weighted by Crippen LogP contribution is -2.44. The third-order valence-corrected chi connectivity index (χ3v) is 4.25. The molecule has 2 aliphatic heterocycles. The Morgan fingerprint density at radius 1 is 1.55 bits per heavy atom. The van der Waals surface area contributed by atoms with E-state index in [1.165, 1.54) is 0 Å². The van der Waals surface area contributed by atoms with Gasteiger partial charge in [-0.05, 0) is 31.9 Å². The van der Waals surface area contributed by atoms with Gasteiger partial charge in [-0.1, -0.05) is 0 Å². The molecule has 3 heterocycles. The first kappa shape index (κ1) is 15.1. The van der Waals surface area contributed by atoms with Gasteiger partial charge in [0.2, 0.25) is 5.91 Å². The minimum absolute atomic E-state index is 0.102. The summed E-state index contributed by atoms with van der Waals surface area (Å²) < 4.78 is 19.3. The average Bonchev–Trinajstić information content (AvgIpc) is 3.12. The number of nitrogens with one attached hydrogen (secondary N) is 1. The highest BCUT2D eigenvalue weighted by Gasteiger charge is 2.34. The Bertz CT molecular complexity index is 516. The van der Waals surface area contributed by atoms with Crippen LogP contribution in [0.25, 0.3) is 0 Å². The van der Waals surface area contributed by atoms with Gasteiger partial charge < -0.3 is 15.0 Å². The molecule has 1 amide bonds. The van der Waals surface area contributed by atoms with Crippen LogP contribution in [0.3, 0.4) is 0 Å². The largest absolute Gasteiger partial charge is 0.365 e. The fourth-order valence-electron chi connectivity index (χ4n) is 3.11. The Morgan fingerprint density at radius 2 is 2.41 bits per heavy atom. The van der Waals surface area contributed by atoms with Crippen LogP contribution in [0.1, 0.15) is 26.2 Å². The quantitative estimate of drug-likeness (QED) is 0.901. The molecule has 2 fully saturated rings. The normalized spacial score (nSPS) is 31.5. The Hall–Kier alpha value is -1.76. The van der Waals surface area contributed by atoms with E-state index in [0.29, 0.717) is 18.8 Å². The predicted octanol–water partition coefficient (Wildman–Crippen LogP) is 1.08. The Kier molecular flexibility index (Phi) is 4.52. The SMILES string of the molecule is C[C@H]1CC[C@@H](C(=O)NC[C@@H]2C[C@H](F)CN2c2cccnn2)O1. The molecule has 7 heteroatoms. The van der Waals surface area contributed by atoms with Crippen molar-refractivity contribution < 1.29 is 13.9 Å². The number of hydrogen-bond acceptors (Lipinski definition) is 5. The summed E-state index contributed by atoms with van der Waals surface area (Å²) >= 11 is 0. The van der Waals surface area contributed by atoms with Crippen LogP contribution in [-0.2, 0) is 9.53 Å². The molecule has 2 saturated heterocycles. The number of alkyl halides is 1. The first-order valence-electron chi connectivity index (χ1n) is 7.75. The van der Waals surface area contributed by atoms with Gasteiger partial charge in [-0.2, -0.15) is 5.10 Å². The predicted molar refractivity (Wildman–Crippen MR) is 79.3 cm³/mol. The number of carbonyl (C=O) groups excluding carboxylic acids is 1. The van der Waals surface area contributed by atoms with Crippen molar-refractivity contribution in [3.63, 3.8) is 0 Å². The van der Waals surface area contributed by atoms with Crippen LogP contribution in [0.2, 0.25) is 0 Å². The molecular formula is C15H21FN4O2. The molecule has 1 aromatic heterocycles. The highest BCUT2D eigenvalue weighted by Crippen LogP contribution is 2.25. The first-order chi connectivity index (χ1) is 10.6. The average molecular weight is 308 g/mol. The van der Waals surface area contributed by atoms with Crippen molar-refractivity contribution in [3.8, 4) is 0 Å². The van der Waals surface area contributed by atoms with Crippen LogP contribution < -0.4 is 10.2 Å². The second kappa shape index (κ2) is 6.56. The second-order valence-corrected chi connectivity index (χ2v) is 5.98. The van der Waals surface area contributed by atoms with Crippen molar-refractivity contribution in [2.75, 3.05) is 18.0 Å². The number of rotatable bonds is 4. The zero-order valence-electron chi connectivity index (χ0n) is 12.6. The number of nitrogens with zero attached hydrogens (tertiary/aromatic N) is 3. The number of hydrogen-bond donors (Lipinski definition) is 1. The molecule has 0 radical (unpaired) electrons. The fourth-order valence-corrected chi connectivity index (χ4v) is 3.11. The van der Waals surface area contributed by atoms with Crippen molar-refractivity contribution in [2.24, 2.45) is 0 Å². The molecule has 0 spiro atoms. The van der Waals surface area contributed by atoms with Gasteiger partial charge in [0, 0.05) is 19.2 Å². The number of amides is 1. The number of aromatic nitrogens is 2. The molecule has 120 valence electrons. The van der Waals surface area contributed by atoms with Crippen molar-refractivity contribution in [1.29, 1.82) is 0 Å². The number of ether oxygens (including phenoxy) is 1. The zero-order chi connectivity index (χ0) is 15.5. The summed E-state index contributed by atoms with van der Waals surface area (Å²) in [4.78, 5) is 14.0. The Balaban J connectivity index is 1.57. The summed E-state index contributed by atoms with van der Waals surface area (Å²) in [7, 11) is 0. The summed E-state index contributed by atoms with van der Waals surface area (Å²) in [5.41, 5.74) is 0. The summed E-state index contributed by atoms with van der Waals surface area (Å²) in [5, 5.41) is 10.8. The molecule has 1 aromatic rings. The van der Waals surface area contributed by atoms with Crippen molar-refractivity contribution in [2.45, 2.75) is 50.6 Å². The Labute approximate surface area is 129 Å². The maximum absolute atomic E-state index is 13.8. The van der Waals surface area contributed by atoms with Gasteiger partial charge in [0.25, 0.3) is 0 Å². The monoisotopic (exact) mass is 308 g/mol. The van der Waals surface area contributed by atoms with Crippen LogP contribution in [0.4, 0.5) is 10.2 Å². The van der Waals surface area contributed by atoms with E-state index in [0.717, 1.165) is 12.8 Å². The molecule has 6 nitrogen and oxygen atoms in total. The van der Waals surface area contributed by atoms with Gasteiger partial charge in [0.1, 0.15) is 12.3 Å². The number of carbonyl (C=O) groups is 1. The van der Waals surface area contributed by atoms with Gasteiger partial charge in [-0.25, -0.2) is 4.39 Å². The van der Waals surface area contributed by atoms with E-state index in [1.54, 1.807) is 12.3 Å². The second-order valence-electron chi connectivity index (χ2n) is 5.98. The topological polar surface area (TPSA) is 67.4 Å². The zero-order valence-corrected chi connectivity index (χ0v) is 12.6. The van der Waals surface area contributed by atoms with Crippen molar-refractivity contribution in [3.05, 3.63) is 18.3 Å². The summed E-state index contributed by atoms with van der Waals surface area (Å²) in [6.45, 7) is 2.65. The van der Waals surface area contributed by atoms with Crippen LogP contribution in [-0.4, -0.2) is 53.6 Å². The first-order valence-corrected chi connectivity index (χ1v) is 7.75. The highest BCUT2D eigenvalue weighted by molar-refractivity contribution is 5.81. The lowest BCUT2D eigenvalue weighted by Gasteiger charge is -2.25. The van der Waals surface area contributed by atoms with Crippen LogP contribution >= 0.6 is 0 Å². The molecule has 0 aliphatic carbocycles. The van der Waals surface area contributed by atoms with Crippen LogP contribution in [0.15, 0.2) is 18.3 Å². The van der Waals surface area contributed by atoms with Gasteiger partial charge in [0.15, 0.2) is 5.82 Å². The summed E-state index contributed by atoms with van der Waals surface area (Å²) in [6, 6.07) is 3.48. The van der Waals surface area contributed by atoms with E-state index in [9.17, 15) is 9.18 Å². The van der Waals surface area contributed by atoms with Gasteiger partial charge in [0.05, 0.1) is 18.7 Å². The van der Waals surface area contributed by atoms with E-state index >= 15 is 0 Å².